The average molecular weight is 127 g/mol. The van der Waals surface area contributed by atoms with E-state index in [2.05, 4.69) is 13.8 Å². The number of aldehydes is 1. The van der Waals surface area contributed by atoms with Crippen LogP contribution in [0.15, 0.2) is 0 Å². The first-order valence-electron chi connectivity index (χ1n) is 3.35. The zero-order chi connectivity index (χ0) is 7.07. The van der Waals surface area contributed by atoms with Gasteiger partial charge in [0.05, 0.1) is 5.54 Å². The standard InChI is InChI=1S/C7H13NO/c1-5(2)6-3-7(6,8)4-9/h4-6H,3,8H2,1-2H3/t6-,7?/m0/s1. The summed E-state index contributed by atoms with van der Waals surface area (Å²) in [5.41, 5.74) is 5.17. The smallest absolute Gasteiger partial charge is 0.140 e. The number of rotatable bonds is 2. The van der Waals surface area contributed by atoms with Gasteiger partial charge in [-0.3, -0.25) is 0 Å². The van der Waals surface area contributed by atoms with Crippen molar-refractivity contribution in [2.75, 3.05) is 0 Å². The van der Waals surface area contributed by atoms with Crippen molar-refractivity contribution in [3.8, 4) is 0 Å². The molecule has 2 atom stereocenters. The van der Waals surface area contributed by atoms with Gasteiger partial charge < -0.3 is 10.5 Å². The Bertz CT molecular complexity index is 133. The predicted octanol–water partition coefficient (Wildman–Crippen LogP) is 0.559. The molecule has 0 heterocycles. The van der Waals surface area contributed by atoms with E-state index in [0.717, 1.165) is 12.7 Å². The Morgan fingerprint density at radius 1 is 1.78 bits per heavy atom. The molecule has 1 rings (SSSR count). The average Bonchev–Trinajstić information content (AvgIpc) is 2.44. The van der Waals surface area contributed by atoms with Gasteiger partial charge in [-0.15, -0.1) is 0 Å². The maximum atomic E-state index is 10.3. The predicted molar refractivity (Wildman–Crippen MR) is 35.9 cm³/mol. The lowest BCUT2D eigenvalue weighted by molar-refractivity contribution is -0.110. The van der Waals surface area contributed by atoms with E-state index in [0.29, 0.717) is 11.8 Å². The third-order valence-corrected chi connectivity index (χ3v) is 2.13. The molecule has 2 nitrogen and oxygen atoms in total. The first-order chi connectivity index (χ1) is 4.10. The Kier molecular flexibility index (Phi) is 1.35. The fourth-order valence-electron chi connectivity index (χ4n) is 1.31. The van der Waals surface area contributed by atoms with Crippen molar-refractivity contribution in [3.05, 3.63) is 0 Å². The van der Waals surface area contributed by atoms with E-state index >= 15 is 0 Å². The van der Waals surface area contributed by atoms with Crippen LogP contribution in [0.2, 0.25) is 0 Å². The van der Waals surface area contributed by atoms with Crippen molar-refractivity contribution in [3.63, 3.8) is 0 Å². The van der Waals surface area contributed by atoms with Crippen LogP contribution < -0.4 is 5.73 Å². The highest BCUT2D eigenvalue weighted by molar-refractivity contribution is 5.69. The van der Waals surface area contributed by atoms with Gasteiger partial charge in [0.15, 0.2) is 0 Å². The normalized spacial score (nSPS) is 41.1. The zero-order valence-corrected chi connectivity index (χ0v) is 5.92. The molecule has 1 fully saturated rings. The largest absolute Gasteiger partial charge is 0.319 e. The third kappa shape index (κ3) is 0.990. The topological polar surface area (TPSA) is 43.1 Å². The van der Waals surface area contributed by atoms with Gasteiger partial charge in [0.1, 0.15) is 6.29 Å². The Balaban J connectivity index is 2.47. The van der Waals surface area contributed by atoms with E-state index in [1.165, 1.54) is 0 Å². The fraction of sp³-hybridized carbons (Fsp3) is 0.857. The lowest BCUT2D eigenvalue weighted by Gasteiger charge is -2.03. The molecule has 0 aromatic heterocycles. The van der Waals surface area contributed by atoms with E-state index < -0.39 is 5.54 Å². The van der Waals surface area contributed by atoms with Gasteiger partial charge in [0, 0.05) is 0 Å². The SMILES string of the molecule is CC(C)[C@@H]1CC1(N)C=O. The van der Waals surface area contributed by atoms with Crippen molar-refractivity contribution in [2.45, 2.75) is 25.8 Å². The summed E-state index contributed by atoms with van der Waals surface area (Å²) in [7, 11) is 0. The van der Waals surface area contributed by atoms with Crippen molar-refractivity contribution in [1.82, 2.24) is 0 Å². The molecule has 1 unspecified atom stereocenters. The molecule has 1 aliphatic rings. The van der Waals surface area contributed by atoms with E-state index in [-0.39, 0.29) is 0 Å². The van der Waals surface area contributed by atoms with Crippen LogP contribution in [0.25, 0.3) is 0 Å². The van der Waals surface area contributed by atoms with Gasteiger partial charge in [-0.05, 0) is 18.3 Å². The Hall–Kier alpha value is -0.370. The molecule has 52 valence electrons. The van der Waals surface area contributed by atoms with Gasteiger partial charge in [-0.2, -0.15) is 0 Å². The molecule has 1 saturated carbocycles. The van der Waals surface area contributed by atoms with Gasteiger partial charge in [-0.1, -0.05) is 13.8 Å². The summed E-state index contributed by atoms with van der Waals surface area (Å²) in [4.78, 5) is 10.3. The lowest BCUT2D eigenvalue weighted by atomic mass is 10.1. The summed E-state index contributed by atoms with van der Waals surface area (Å²) in [6.07, 6.45) is 1.77. The number of hydrogen-bond donors (Lipinski definition) is 1. The molecule has 0 amide bonds. The zero-order valence-electron chi connectivity index (χ0n) is 5.92. The Morgan fingerprint density at radius 3 is 2.44 bits per heavy atom. The van der Waals surface area contributed by atoms with Crippen LogP contribution in [-0.2, 0) is 4.79 Å². The third-order valence-electron chi connectivity index (χ3n) is 2.13. The maximum Gasteiger partial charge on any atom is 0.140 e. The van der Waals surface area contributed by atoms with Crippen LogP contribution in [0, 0.1) is 11.8 Å². The summed E-state index contributed by atoms with van der Waals surface area (Å²) in [5, 5.41) is 0. The van der Waals surface area contributed by atoms with Crippen molar-refractivity contribution < 1.29 is 4.79 Å². The summed E-state index contributed by atoms with van der Waals surface area (Å²) in [6.45, 7) is 4.20. The number of hydrogen-bond acceptors (Lipinski definition) is 2. The first kappa shape index (κ1) is 6.75. The second kappa shape index (κ2) is 1.81. The number of carbonyl (C=O) groups excluding carboxylic acids is 1. The molecule has 0 aromatic rings. The van der Waals surface area contributed by atoms with Crippen LogP contribution in [0.5, 0.6) is 0 Å². The van der Waals surface area contributed by atoms with Gasteiger partial charge in [0.2, 0.25) is 0 Å². The van der Waals surface area contributed by atoms with E-state index in [9.17, 15) is 4.79 Å². The first-order valence-corrected chi connectivity index (χ1v) is 3.35. The second-order valence-electron chi connectivity index (χ2n) is 3.28. The highest BCUT2D eigenvalue weighted by Crippen LogP contribution is 2.44. The monoisotopic (exact) mass is 127 g/mol. The molecule has 0 spiro atoms. The Labute approximate surface area is 55.4 Å². The molecular weight excluding hydrogens is 114 g/mol. The molecule has 0 bridgehead atoms. The van der Waals surface area contributed by atoms with Gasteiger partial charge in [0.25, 0.3) is 0 Å². The highest BCUT2D eigenvalue weighted by atomic mass is 16.1. The van der Waals surface area contributed by atoms with Crippen LogP contribution >= 0.6 is 0 Å². The molecule has 0 aliphatic heterocycles. The molecule has 2 heteroatoms. The van der Waals surface area contributed by atoms with E-state index in [1.807, 2.05) is 0 Å². The van der Waals surface area contributed by atoms with Crippen LogP contribution in [0.1, 0.15) is 20.3 Å². The summed E-state index contributed by atoms with van der Waals surface area (Å²) >= 11 is 0. The molecular formula is C7H13NO. The molecule has 0 aromatic carbocycles. The van der Waals surface area contributed by atoms with Crippen LogP contribution in [0.3, 0.4) is 0 Å². The lowest BCUT2D eigenvalue weighted by Crippen LogP contribution is -2.27. The quantitative estimate of drug-likeness (QED) is 0.551. The minimum Gasteiger partial charge on any atom is -0.319 e. The minimum absolute atomic E-state index is 0.440. The summed E-state index contributed by atoms with van der Waals surface area (Å²) in [6, 6.07) is 0. The van der Waals surface area contributed by atoms with Gasteiger partial charge in [-0.25, -0.2) is 0 Å². The molecule has 1 aliphatic carbocycles. The van der Waals surface area contributed by atoms with Crippen molar-refractivity contribution in [2.24, 2.45) is 17.6 Å². The van der Waals surface area contributed by atoms with Crippen molar-refractivity contribution in [1.29, 1.82) is 0 Å². The molecule has 0 radical (unpaired) electrons. The second-order valence-corrected chi connectivity index (χ2v) is 3.28. The summed E-state index contributed by atoms with van der Waals surface area (Å²) in [5.74, 6) is 0.996. The van der Waals surface area contributed by atoms with E-state index in [4.69, 9.17) is 5.73 Å². The van der Waals surface area contributed by atoms with Crippen LogP contribution in [-0.4, -0.2) is 11.8 Å². The minimum atomic E-state index is -0.450. The maximum absolute atomic E-state index is 10.3. The Morgan fingerprint density at radius 2 is 2.33 bits per heavy atom. The van der Waals surface area contributed by atoms with Gasteiger partial charge >= 0.3 is 0 Å². The summed E-state index contributed by atoms with van der Waals surface area (Å²) < 4.78 is 0. The molecule has 2 N–H and O–H groups in total. The van der Waals surface area contributed by atoms with E-state index in [1.54, 1.807) is 0 Å². The number of carbonyl (C=O) groups is 1. The molecule has 9 heavy (non-hydrogen) atoms. The molecule has 0 saturated heterocycles. The van der Waals surface area contributed by atoms with Crippen LogP contribution in [0.4, 0.5) is 0 Å². The fourth-order valence-corrected chi connectivity index (χ4v) is 1.31. The number of nitrogens with two attached hydrogens (primary N) is 1. The van der Waals surface area contributed by atoms with Crippen molar-refractivity contribution >= 4 is 6.29 Å². The highest BCUT2D eigenvalue weighted by Gasteiger charge is 2.52.